The molecule has 0 heterocycles. The van der Waals surface area contributed by atoms with Crippen molar-refractivity contribution >= 4 is 29.0 Å². The molecule has 0 unspecified atom stereocenters. The third kappa shape index (κ3) is 3.94. The van der Waals surface area contributed by atoms with Crippen LogP contribution in [0.4, 0.5) is 18.9 Å². The van der Waals surface area contributed by atoms with Crippen molar-refractivity contribution in [1.82, 2.24) is 0 Å². The van der Waals surface area contributed by atoms with Gasteiger partial charge in [-0.25, -0.2) is 13.2 Å². The van der Waals surface area contributed by atoms with E-state index < -0.39 is 29.0 Å². The maximum absolute atomic E-state index is 13.7. The fraction of sp³-hybridized carbons (Fsp3) is 0.176. The zero-order valence-electron chi connectivity index (χ0n) is 12.6. The Hall–Kier alpha value is -2.34. The van der Waals surface area contributed by atoms with Gasteiger partial charge < -0.3 is 5.32 Å². The molecule has 1 N–H and O–H groups in total. The van der Waals surface area contributed by atoms with Gasteiger partial charge in [0.05, 0.1) is 10.6 Å². The average Bonchev–Trinajstić information content (AvgIpc) is 2.50. The Kier molecular flexibility index (Phi) is 5.62. The molecule has 0 saturated heterocycles. The third-order valence-corrected chi connectivity index (χ3v) is 3.67. The molecular weight excluding hydrogens is 343 g/mol. The molecule has 1 amide bonds. The summed E-state index contributed by atoms with van der Waals surface area (Å²) >= 11 is 6.00. The van der Waals surface area contributed by atoms with E-state index in [0.717, 1.165) is 0 Å². The van der Waals surface area contributed by atoms with Crippen molar-refractivity contribution in [3.8, 4) is 0 Å². The molecule has 3 nitrogen and oxygen atoms in total. The standard InChI is InChI=1S/C17H13ClF3NO2/c1-2-11(23)6-9-4-3-5-12(18)15(9)17(24)22-16-13(20)7-10(19)8-14(16)21/h3-5,7-8H,2,6H2,1H3,(H,22,24). The highest BCUT2D eigenvalue weighted by atomic mass is 35.5. The number of carbonyl (C=O) groups is 2. The predicted molar refractivity (Wildman–Crippen MR) is 84.7 cm³/mol. The second-order valence-electron chi connectivity index (χ2n) is 5.04. The number of halogens is 4. The predicted octanol–water partition coefficient (Wildman–Crippen LogP) is 4.53. The minimum Gasteiger partial charge on any atom is -0.317 e. The molecule has 0 aromatic heterocycles. The van der Waals surface area contributed by atoms with Crippen LogP contribution in [0.15, 0.2) is 30.3 Å². The van der Waals surface area contributed by atoms with Gasteiger partial charge in [-0.2, -0.15) is 0 Å². The number of rotatable bonds is 5. The summed E-state index contributed by atoms with van der Waals surface area (Å²) in [5.41, 5.74) is -0.493. The van der Waals surface area contributed by atoms with Gasteiger partial charge >= 0.3 is 0 Å². The van der Waals surface area contributed by atoms with Crippen LogP contribution in [0.1, 0.15) is 29.3 Å². The Labute approximate surface area is 141 Å². The zero-order chi connectivity index (χ0) is 17.9. The molecule has 0 aliphatic heterocycles. The number of hydrogen-bond donors (Lipinski definition) is 1. The zero-order valence-corrected chi connectivity index (χ0v) is 13.4. The van der Waals surface area contributed by atoms with Crippen LogP contribution in [-0.2, 0) is 11.2 Å². The number of carbonyl (C=O) groups excluding carboxylic acids is 2. The van der Waals surface area contributed by atoms with Gasteiger partial charge in [-0.05, 0) is 11.6 Å². The van der Waals surface area contributed by atoms with Crippen LogP contribution in [0.25, 0.3) is 0 Å². The van der Waals surface area contributed by atoms with E-state index in [0.29, 0.717) is 17.7 Å². The molecule has 0 fully saturated rings. The summed E-state index contributed by atoms with van der Waals surface area (Å²) in [6.07, 6.45) is 0.239. The average molecular weight is 356 g/mol. The van der Waals surface area contributed by atoms with E-state index in [1.54, 1.807) is 13.0 Å². The quantitative estimate of drug-likeness (QED) is 0.856. The molecule has 126 valence electrons. The Morgan fingerprint density at radius 3 is 2.33 bits per heavy atom. The van der Waals surface area contributed by atoms with E-state index >= 15 is 0 Å². The molecule has 0 aliphatic rings. The summed E-state index contributed by atoms with van der Waals surface area (Å²) in [6, 6.07) is 5.43. The van der Waals surface area contributed by atoms with Crippen molar-refractivity contribution in [2.75, 3.05) is 5.32 Å². The minimum absolute atomic E-state index is 0.0335. The lowest BCUT2D eigenvalue weighted by Gasteiger charge is -2.12. The lowest BCUT2D eigenvalue weighted by atomic mass is 10.0. The summed E-state index contributed by atoms with van der Waals surface area (Å²) in [5, 5.41) is 2.08. The maximum Gasteiger partial charge on any atom is 0.257 e. The topological polar surface area (TPSA) is 46.2 Å². The number of hydrogen-bond acceptors (Lipinski definition) is 2. The van der Waals surface area contributed by atoms with Crippen molar-refractivity contribution < 1.29 is 22.8 Å². The van der Waals surface area contributed by atoms with Gasteiger partial charge in [0.15, 0.2) is 11.6 Å². The fourth-order valence-electron chi connectivity index (χ4n) is 2.15. The number of benzene rings is 2. The first-order chi connectivity index (χ1) is 11.3. The smallest absolute Gasteiger partial charge is 0.257 e. The lowest BCUT2D eigenvalue weighted by molar-refractivity contribution is -0.118. The highest BCUT2D eigenvalue weighted by Crippen LogP contribution is 2.25. The summed E-state index contributed by atoms with van der Waals surface area (Å²) < 4.78 is 40.3. The van der Waals surface area contributed by atoms with E-state index in [4.69, 9.17) is 11.6 Å². The van der Waals surface area contributed by atoms with Gasteiger partial charge in [0.2, 0.25) is 0 Å². The third-order valence-electron chi connectivity index (χ3n) is 3.35. The minimum atomic E-state index is -1.25. The van der Waals surface area contributed by atoms with Gasteiger partial charge in [0, 0.05) is 25.0 Å². The Balaban J connectivity index is 2.39. The second kappa shape index (κ2) is 7.49. The second-order valence-corrected chi connectivity index (χ2v) is 5.45. The van der Waals surface area contributed by atoms with Crippen molar-refractivity contribution in [3.63, 3.8) is 0 Å². The van der Waals surface area contributed by atoms with Gasteiger partial charge in [0.1, 0.15) is 17.3 Å². The van der Waals surface area contributed by atoms with E-state index in [1.165, 1.54) is 12.1 Å². The van der Waals surface area contributed by atoms with E-state index in [1.807, 2.05) is 5.32 Å². The molecule has 7 heteroatoms. The Morgan fingerprint density at radius 2 is 1.75 bits per heavy atom. The molecule has 2 aromatic rings. The summed E-state index contributed by atoms with van der Waals surface area (Å²) in [7, 11) is 0. The van der Waals surface area contributed by atoms with E-state index in [-0.39, 0.29) is 29.2 Å². The largest absolute Gasteiger partial charge is 0.317 e. The van der Waals surface area contributed by atoms with Crippen molar-refractivity contribution in [3.05, 3.63) is 63.9 Å². The van der Waals surface area contributed by atoms with Crippen molar-refractivity contribution in [1.29, 1.82) is 0 Å². The maximum atomic E-state index is 13.7. The monoisotopic (exact) mass is 355 g/mol. The molecule has 0 bridgehead atoms. The highest BCUT2D eigenvalue weighted by Gasteiger charge is 2.20. The summed E-state index contributed by atoms with van der Waals surface area (Å²) in [4.78, 5) is 24.0. The van der Waals surface area contributed by atoms with Crippen LogP contribution in [0.5, 0.6) is 0 Å². The first-order valence-corrected chi connectivity index (χ1v) is 7.46. The first-order valence-electron chi connectivity index (χ1n) is 7.08. The SMILES string of the molecule is CCC(=O)Cc1cccc(Cl)c1C(=O)Nc1c(F)cc(F)cc1F. The molecule has 0 saturated carbocycles. The van der Waals surface area contributed by atoms with Crippen LogP contribution in [0.2, 0.25) is 5.02 Å². The van der Waals surface area contributed by atoms with Crippen molar-refractivity contribution in [2.24, 2.45) is 0 Å². The number of nitrogens with one attached hydrogen (secondary N) is 1. The van der Waals surface area contributed by atoms with Gasteiger partial charge in [-0.3, -0.25) is 9.59 Å². The molecular formula is C17H13ClF3NO2. The number of ketones is 1. The number of amides is 1. The van der Waals surface area contributed by atoms with Crippen LogP contribution in [0, 0.1) is 17.5 Å². The van der Waals surface area contributed by atoms with Crippen LogP contribution in [-0.4, -0.2) is 11.7 Å². The molecule has 24 heavy (non-hydrogen) atoms. The normalized spacial score (nSPS) is 10.5. The number of Topliss-reactive ketones (excluding diaryl/α,β-unsaturated/α-hetero) is 1. The van der Waals surface area contributed by atoms with Crippen LogP contribution < -0.4 is 5.32 Å². The summed E-state index contributed by atoms with van der Waals surface area (Å²) in [6.45, 7) is 1.68. The van der Waals surface area contributed by atoms with Crippen LogP contribution >= 0.6 is 11.6 Å². The molecule has 0 spiro atoms. The Morgan fingerprint density at radius 1 is 1.12 bits per heavy atom. The highest BCUT2D eigenvalue weighted by molar-refractivity contribution is 6.34. The van der Waals surface area contributed by atoms with E-state index in [9.17, 15) is 22.8 Å². The molecule has 0 aliphatic carbocycles. The molecule has 2 rings (SSSR count). The fourth-order valence-corrected chi connectivity index (χ4v) is 2.43. The van der Waals surface area contributed by atoms with Gasteiger partial charge in [-0.15, -0.1) is 0 Å². The van der Waals surface area contributed by atoms with Crippen LogP contribution in [0.3, 0.4) is 0 Å². The lowest BCUT2D eigenvalue weighted by Crippen LogP contribution is -2.18. The molecule has 2 aromatic carbocycles. The van der Waals surface area contributed by atoms with Gasteiger partial charge in [0.25, 0.3) is 5.91 Å². The Bertz CT molecular complexity index is 785. The molecule has 0 radical (unpaired) electrons. The van der Waals surface area contributed by atoms with Crippen molar-refractivity contribution in [2.45, 2.75) is 19.8 Å². The number of anilines is 1. The summed E-state index contributed by atoms with van der Waals surface area (Å²) in [5.74, 6) is -4.61. The van der Waals surface area contributed by atoms with E-state index in [2.05, 4.69) is 0 Å². The molecule has 0 atom stereocenters. The van der Waals surface area contributed by atoms with Gasteiger partial charge in [-0.1, -0.05) is 30.7 Å². The first kappa shape index (κ1) is 18.0.